The van der Waals surface area contributed by atoms with Crippen LogP contribution in [0.25, 0.3) is 0 Å². The smallest absolute Gasteiger partial charge is 0.0823 e. The van der Waals surface area contributed by atoms with E-state index in [1.165, 1.54) is 38.9 Å². The van der Waals surface area contributed by atoms with Gasteiger partial charge in [0.2, 0.25) is 0 Å². The summed E-state index contributed by atoms with van der Waals surface area (Å²) in [6.07, 6.45) is 4.28. The molecule has 0 spiro atoms. The number of nitrogens with two attached hydrogens (primary N) is 1. The molecule has 2 heterocycles. The van der Waals surface area contributed by atoms with Gasteiger partial charge in [0.1, 0.15) is 0 Å². The molecule has 0 bridgehead atoms. The number of likely N-dealkylation sites (tertiary alicyclic amines) is 2. The Morgan fingerprint density at radius 2 is 2.17 bits per heavy atom. The molecule has 4 nitrogen and oxygen atoms in total. The Kier molecular flexibility index (Phi) is 5.42. The lowest BCUT2D eigenvalue weighted by atomic mass is 9.84. The molecule has 106 valence electrons. The van der Waals surface area contributed by atoms with Gasteiger partial charge in [0.25, 0.3) is 0 Å². The van der Waals surface area contributed by atoms with Crippen LogP contribution in [-0.2, 0) is 4.74 Å². The second-order valence-electron chi connectivity index (χ2n) is 5.81. The van der Waals surface area contributed by atoms with Crippen LogP contribution >= 0.6 is 0 Å². The van der Waals surface area contributed by atoms with Crippen LogP contribution in [0.15, 0.2) is 0 Å². The zero-order valence-corrected chi connectivity index (χ0v) is 12.0. The number of nitrogens with zero attached hydrogens (tertiary/aromatic N) is 2. The second kappa shape index (κ2) is 6.85. The number of hydrogen-bond acceptors (Lipinski definition) is 4. The minimum absolute atomic E-state index is 0.216. The summed E-state index contributed by atoms with van der Waals surface area (Å²) in [5, 5.41) is 0. The molecule has 2 fully saturated rings. The van der Waals surface area contributed by atoms with E-state index < -0.39 is 0 Å². The molecular weight excluding hydrogens is 226 g/mol. The maximum atomic E-state index is 5.77. The third-order valence-corrected chi connectivity index (χ3v) is 4.56. The number of ether oxygens (including phenoxy) is 1. The number of hydrogen-bond donors (Lipinski definition) is 1. The average molecular weight is 255 g/mol. The van der Waals surface area contributed by atoms with E-state index in [2.05, 4.69) is 16.8 Å². The predicted octanol–water partition coefficient (Wildman–Crippen LogP) is 0.766. The van der Waals surface area contributed by atoms with Crippen molar-refractivity contribution in [3.8, 4) is 0 Å². The topological polar surface area (TPSA) is 41.7 Å². The largest absolute Gasteiger partial charge is 0.376 e. The number of piperidine rings is 2. The lowest BCUT2D eigenvalue weighted by molar-refractivity contribution is -0.00233. The first-order valence-electron chi connectivity index (χ1n) is 7.48. The second-order valence-corrected chi connectivity index (χ2v) is 5.81. The molecule has 0 aromatic heterocycles. The lowest BCUT2D eigenvalue weighted by Crippen LogP contribution is -2.54. The van der Waals surface area contributed by atoms with E-state index in [4.69, 9.17) is 10.5 Å². The summed E-state index contributed by atoms with van der Waals surface area (Å²) in [7, 11) is 2.29. The van der Waals surface area contributed by atoms with Crippen LogP contribution in [0.1, 0.15) is 26.2 Å². The highest BCUT2D eigenvalue weighted by atomic mass is 16.5. The van der Waals surface area contributed by atoms with Crippen LogP contribution in [0.2, 0.25) is 0 Å². The molecule has 2 N–H and O–H groups in total. The first-order valence-corrected chi connectivity index (χ1v) is 7.48. The summed E-state index contributed by atoms with van der Waals surface area (Å²) in [6.45, 7) is 8.18. The summed E-state index contributed by atoms with van der Waals surface area (Å²) in [5.41, 5.74) is 5.77. The van der Waals surface area contributed by atoms with Gasteiger partial charge in [-0.05, 0) is 52.2 Å². The maximum absolute atomic E-state index is 5.77. The Labute approximate surface area is 111 Å². The van der Waals surface area contributed by atoms with Crippen molar-refractivity contribution in [2.45, 2.75) is 38.3 Å². The first kappa shape index (κ1) is 14.3. The van der Waals surface area contributed by atoms with Crippen LogP contribution in [0.4, 0.5) is 0 Å². The van der Waals surface area contributed by atoms with Crippen LogP contribution in [-0.4, -0.2) is 68.3 Å². The fraction of sp³-hybridized carbons (Fsp3) is 1.00. The van der Waals surface area contributed by atoms with Crippen molar-refractivity contribution in [1.29, 1.82) is 0 Å². The molecule has 2 aliphatic heterocycles. The van der Waals surface area contributed by atoms with Gasteiger partial charge in [0, 0.05) is 32.3 Å². The zero-order valence-electron chi connectivity index (χ0n) is 12.0. The Morgan fingerprint density at radius 1 is 1.33 bits per heavy atom. The SMILES string of the molecule is CCOC(CN)CN1CCC2C(CCCN2C)C1. The molecule has 0 aromatic carbocycles. The third-order valence-electron chi connectivity index (χ3n) is 4.56. The van der Waals surface area contributed by atoms with Crippen LogP contribution < -0.4 is 5.73 Å². The molecule has 2 saturated heterocycles. The minimum atomic E-state index is 0.216. The van der Waals surface area contributed by atoms with E-state index in [1.807, 2.05) is 6.92 Å². The van der Waals surface area contributed by atoms with Gasteiger partial charge in [-0.3, -0.25) is 0 Å². The van der Waals surface area contributed by atoms with Crippen molar-refractivity contribution in [2.75, 3.05) is 46.4 Å². The lowest BCUT2D eigenvalue weighted by Gasteiger charge is -2.46. The van der Waals surface area contributed by atoms with Gasteiger partial charge in [-0.25, -0.2) is 0 Å². The van der Waals surface area contributed by atoms with E-state index >= 15 is 0 Å². The van der Waals surface area contributed by atoms with E-state index in [1.54, 1.807) is 0 Å². The first-order chi connectivity index (χ1) is 8.74. The molecule has 2 rings (SSSR count). The molecule has 3 atom stereocenters. The molecule has 0 radical (unpaired) electrons. The van der Waals surface area contributed by atoms with Gasteiger partial charge in [-0.15, -0.1) is 0 Å². The van der Waals surface area contributed by atoms with E-state index in [9.17, 15) is 0 Å². The monoisotopic (exact) mass is 255 g/mol. The third kappa shape index (κ3) is 3.44. The maximum Gasteiger partial charge on any atom is 0.0823 e. The van der Waals surface area contributed by atoms with Gasteiger partial charge in [0.15, 0.2) is 0 Å². The van der Waals surface area contributed by atoms with Crippen molar-refractivity contribution in [3.05, 3.63) is 0 Å². The fourth-order valence-electron chi connectivity index (χ4n) is 3.61. The number of fused-ring (bicyclic) bond motifs is 1. The van der Waals surface area contributed by atoms with Crippen LogP contribution in [0, 0.1) is 5.92 Å². The van der Waals surface area contributed by atoms with E-state index in [0.717, 1.165) is 25.1 Å². The molecule has 2 aliphatic rings. The van der Waals surface area contributed by atoms with Gasteiger partial charge in [0.05, 0.1) is 6.10 Å². The van der Waals surface area contributed by atoms with Crippen molar-refractivity contribution < 1.29 is 4.74 Å². The molecular formula is C14H29N3O. The molecule has 0 saturated carbocycles. The molecule has 3 unspecified atom stereocenters. The Bertz CT molecular complexity index is 249. The van der Waals surface area contributed by atoms with Gasteiger partial charge < -0.3 is 20.3 Å². The fourth-order valence-corrected chi connectivity index (χ4v) is 3.61. The predicted molar refractivity (Wildman–Crippen MR) is 74.7 cm³/mol. The standard InChI is InChI=1S/C14H29N3O/c1-3-18-13(9-15)11-17-8-6-14-12(10-17)5-4-7-16(14)2/h12-14H,3-11,15H2,1-2H3. The molecule has 0 amide bonds. The quantitative estimate of drug-likeness (QED) is 0.788. The molecule has 0 aliphatic carbocycles. The average Bonchev–Trinajstić information content (AvgIpc) is 2.38. The highest BCUT2D eigenvalue weighted by molar-refractivity contribution is 4.89. The Balaban J connectivity index is 1.82. The zero-order chi connectivity index (χ0) is 13.0. The van der Waals surface area contributed by atoms with Crippen molar-refractivity contribution in [2.24, 2.45) is 11.7 Å². The molecule has 0 aromatic rings. The highest BCUT2D eigenvalue weighted by Crippen LogP contribution is 2.29. The number of rotatable bonds is 5. The van der Waals surface area contributed by atoms with E-state index in [-0.39, 0.29) is 6.10 Å². The summed E-state index contributed by atoms with van der Waals surface area (Å²) < 4.78 is 5.67. The summed E-state index contributed by atoms with van der Waals surface area (Å²) in [4.78, 5) is 5.13. The Hall–Kier alpha value is -0.160. The van der Waals surface area contributed by atoms with Crippen LogP contribution in [0.3, 0.4) is 0 Å². The normalized spacial score (nSPS) is 32.2. The van der Waals surface area contributed by atoms with Gasteiger partial charge in [-0.1, -0.05) is 0 Å². The minimum Gasteiger partial charge on any atom is -0.376 e. The molecule has 18 heavy (non-hydrogen) atoms. The van der Waals surface area contributed by atoms with Gasteiger partial charge in [-0.2, -0.15) is 0 Å². The summed E-state index contributed by atoms with van der Waals surface area (Å²) in [5.74, 6) is 0.859. The van der Waals surface area contributed by atoms with E-state index in [0.29, 0.717) is 6.54 Å². The highest BCUT2D eigenvalue weighted by Gasteiger charge is 2.34. The summed E-state index contributed by atoms with van der Waals surface area (Å²) in [6, 6.07) is 0.818. The van der Waals surface area contributed by atoms with Crippen molar-refractivity contribution >= 4 is 0 Å². The summed E-state index contributed by atoms with van der Waals surface area (Å²) >= 11 is 0. The van der Waals surface area contributed by atoms with Crippen molar-refractivity contribution in [1.82, 2.24) is 9.80 Å². The Morgan fingerprint density at radius 3 is 2.89 bits per heavy atom. The van der Waals surface area contributed by atoms with Crippen molar-refractivity contribution in [3.63, 3.8) is 0 Å². The molecule has 4 heteroatoms. The van der Waals surface area contributed by atoms with Crippen LogP contribution in [0.5, 0.6) is 0 Å². The van der Waals surface area contributed by atoms with Gasteiger partial charge >= 0.3 is 0 Å².